The lowest BCUT2D eigenvalue weighted by molar-refractivity contribution is 0.107. The van der Waals surface area contributed by atoms with Crippen molar-refractivity contribution >= 4 is 56.8 Å². The third-order valence-electron chi connectivity index (χ3n) is 12.5. The third-order valence-corrected chi connectivity index (χ3v) is 13.1. The van der Waals surface area contributed by atoms with E-state index in [2.05, 4.69) is 9.80 Å². The predicted molar refractivity (Wildman–Crippen MR) is 227 cm³/mol. The number of carboxylic acid groups (broad SMARTS) is 1. The molecule has 4 aliphatic rings. The summed E-state index contributed by atoms with van der Waals surface area (Å²) in [6.45, 7) is 2.79. The van der Waals surface area contributed by atoms with Gasteiger partial charge in [0.25, 0.3) is 0 Å². The van der Waals surface area contributed by atoms with E-state index < -0.39 is 17.8 Å². The van der Waals surface area contributed by atoms with E-state index in [1.165, 1.54) is 0 Å². The van der Waals surface area contributed by atoms with Crippen LogP contribution in [-0.4, -0.2) is 87.5 Å². The molecule has 4 saturated heterocycles. The van der Waals surface area contributed by atoms with Crippen LogP contribution in [0.25, 0.3) is 32.8 Å². The average molecular weight is 835 g/mol. The summed E-state index contributed by atoms with van der Waals surface area (Å²) in [5.74, 6) is 2.20. The molecule has 2 bridgehead atoms. The molecule has 1 N–H and O–H groups in total. The molecule has 5 heterocycles. The lowest BCUT2D eigenvalue weighted by Gasteiger charge is -2.40. The van der Waals surface area contributed by atoms with Crippen molar-refractivity contribution in [1.82, 2.24) is 19.8 Å². The molecule has 4 fully saturated rings. The van der Waals surface area contributed by atoms with Crippen LogP contribution in [-0.2, 0) is 6.61 Å². The molecule has 0 radical (unpaired) electrons. The Hall–Kier alpha value is -5.36. The number of halogens is 3. The van der Waals surface area contributed by atoms with Crippen LogP contribution in [0.3, 0.4) is 0 Å². The molecule has 1 aromatic heterocycles. The maximum atomic E-state index is 14.8. The molecule has 0 aliphatic carbocycles. The molecule has 0 saturated carbocycles. The number of aromatic nitrogens is 2. The standard InChI is InChI=1S/C46H42Cl2FN5O5/c47-37-11-4-5-13-40(37)59-41-21-36-39(20-34(41)35-19-33(57-26-28-8-2-1-3-9-28)18-29-10-6-12-38(48)42(29)35)50-44(58-27-46-16-7-17-53(46)23-30(49)22-46)51-43(36)52-24-31-14-15-32(25-52)54(31)45(55)56/h1-6,8-13,18-21,30-32H,7,14-17,22-27H2,(H,55,56)/t30-,31-,32+,46+/m1/s1. The number of para-hydroxylation sites is 1. The van der Waals surface area contributed by atoms with Gasteiger partial charge in [0, 0.05) is 47.4 Å². The van der Waals surface area contributed by atoms with Crippen LogP contribution in [0.15, 0.2) is 97.1 Å². The Morgan fingerprint density at radius 1 is 0.847 bits per heavy atom. The summed E-state index contributed by atoms with van der Waals surface area (Å²) in [5.41, 5.74) is 2.66. The van der Waals surface area contributed by atoms with Gasteiger partial charge >= 0.3 is 12.1 Å². The highest BCUT2D eigenvalue weighted by Crippen LogP contribution is 2.47. The first-order valence-electron chi connectivity index (χ1n) is 20.2. The highest BCUT2D eigenvalue weighted by atomic mass is 35.5. The number of fused-ring (bicyclic) bond motifs is 5. The number of rotatable bonds is 10. The largest absolute Gasteiger partial charge is 0.489 e. The van der Waals surface area contributed by atoms with Gasteiger partial charge in [-0.3, -0.25) is 9.80 Å². The molecule has 59 heavy (non-hydrogen) atoms. The highest BCUT2D eigenvalue weighted by Gasteiger charge is 2.49. The molecule has 10 rings (SSSR count). The summed E-state index contributed by atoms with van der Waals surface area (Å²) in [4.78, 5) is 28.4. The number of alkyl halides is 1. The number of hydrogen-bond acceptors (Lipinski definition) is 8. The fourth-order valence-electron chi connectivity index (χ4n) is 9.79. The SMILES string of the molecule is O=C(O)N1[C@@H]2CC[C@H]1CN(c1nc(OC[C@@]34CCCN3C[C@H](F)C4)nc3cc(-c4cc(OCc5ccccc5)cc5cccc(Cl)c45)c(Oc4ccccc4Cl)cc13)C2. The van der Waals surface area contributed by atoms with Crippen molar-refractivity contribution in [2.24, 2.45) is 0 Å². The maximum absolute atomic E-state index is 14.8. The Balaban J connectivity index is 1.14. The third kappa shape index (κ3) is 7.13. The van der Waals surface area contributed by atoms with Crippen molar-refractivity contribution < 1.29 is 28.5 Å². The maximum Gasteiger partial charge on any atom is 0.407 e. The summed E-state index contributed by atoms with van der Waals surface area (Å²) < 4.78 is 34.5. The molecule has 4 aliphatic heterocycles. The van der Waals surface area contributed by atoms with E-state index in [9.17, 15) is 14.3 Å². The number of carbonyl (C=O) groups is 1. The first-order valence-corrected chi connectivity index (χ1v) is 20.9. The minimum Gasteiger partial charge on any atom is -0.489 e. The van der Waals surface area contributed by atoms with Crippen molar-refractivity contribution in [3.63, 3.8) is 0 Å². The first kappa shape index (κ1) is 37.9. The van der Waals surface area contributed by atoms with E-state index in [0.29, 0.717) is 82.2 Å². The molecule has 1 amide bonds. The van der Waals surface area contributed by atoms with Crippen LogP contribution in [0.4, 0.5) is 15.0 Å². The van der Waals surface area contributed by atoms with E-state index in [0.717, 1.165) is 54.1 Å². The number of hydrogen-bond donors (Lipinski definition) is 1. The minimum absolute atomic E-state index is 0.178. The number of benzene rings is 5. The molecule has 5 aromatic carbocycles. The van der Waals surface area contributed by atoms with E-state index >= 15 is 0 Å². The first-order chi connectivity index (χ1) is 28.7. The Bertz CT molecular complexity index is 2570. The van der Waals surface area contributed by atoms with Gasteiger partial charge in [0.2, 0.25) is 0 Å². The predicted octanol–water partition coefficient (Wildman–Crippen LogP) is 10.4. The fourth-order valence-corrected chi connectivity index (χ4v) is 10.3. The van der Waals surface area contributed by atoms with Gasteiger partial charge in [-0.2, -0.15) is 9.97 Å². The van der Waals surface area contributed by atoms with Crippen molar-refractivity contribution in [2.45, 2.75) is 62.5 Å². The Kier molecular flexibility index (Phi) is 9.85. The quantitative estimate of drug-likeness (QED) is 0.145. The summed E-state index contributed by atoms with van der Waals surface area (Å²) >= 11 is 13.8. The lowest BCUT2D eigenvalue weighted by atomic mass is 9.95. The van der Waals surface area contributed by atoms with Crippen LogP contribution in [0, 0.1) is 0 Å². The molecule has 6 aromatic rings. The highest BCUT2D eigenvalue weighted by molar-refractivity contribution is 6.37. The Labute approximate surface area is 351 Å². The van der Waals surface area contributed by atoms with E-state index in [1.54, 1.807) is 11.0 Å². The molecule has 0 unspecified atom stereocenters. The molecule has 0 spiro atoms. The fraction of sp³-hybridized carbons (Fsp3) is 0.326. The minimum atomic E-state index is -0.905. The molecule has 10 nitrogen and oxygen atoms in total. The topological polar surface area (TPSA) is 100 Å². The second-order valence-corrected chi connectivity index (χ2v) is 17.0. The van der Waals surface area contributed by atoms with Crippen molar-refractivity contribution in [3.8, 4) is 34.4 Å². The second kappa shape index (κ2) is 15.3. The van der Waals surface area contributed by atoms with Crippen LogP contribution in [0.5, 0.6) is 23.3 Å². The molecule has 302 valence electrons. The van der Waals surface area contributed by atoms with Crippen LogP contribution in [0.2, 0.25) is 10.0 Å². The van der Waals surface area contributed by atoms with E-state index in [1.807, 2.05) is 91.0 Å². The van der Waals surface area contributed by atoms with Gasteiger partial charge in [-0.05, 0) is 91.2 Å². The van der Waals surface area contributed by atoms with Gasteiger partial charge in [0.15, 0.2) is 0 Å². The van der Waals surface area contributed by atoms with Crippen LogP contribution in [0.1, 0.15) is 37.7 Å². The van der Waals surface area contributed by atoms with Gasteiger partial charge in [-0.15, -0.1) is 0 Å². The van der Waals surface area contributed by atoms with E-state index in [-0.39, 0.29) is 24.7 Å². The number of amides is 1. The zero-order valence-electron chi connectivity index (χ0n) is 32.2. The van der Waals surface area contributed by atoms with Crippen molar-refractivity contribution in [1.29, 1.82) is 0 Å². The molecule has 4 atom stereocenters. The van der Waals surface area contributed by atoms with Crippen LogP contribution < -0.4 is 19.1 Å². The average Bonchev–Trinajstić information content (AvgIpc) is 3.86. The molecule has 13 heteroatoms. The van der Waals surface area contributed by atoms with Gasteiger partial charge < -0.3 is 24.2 Å². The Morgan fingerprint density at radius 2 is 1.63 bits per heavy atom. The number of anilines is 1. The molecular weight excluding hydrogens is 792 g/mol. The zero-order valence-corrected chi connectivity index (χ0v) is 33.7. The Morgan fingerprint density at radius 3 is 2.42 bits per heavy atom. The molecular formula is C46H42Cl2FN5O5. The van der Waals surface area contributed by atoms with Gasteiger partial charge in [-0.1, -0.05) is 77.8 Å². The van der Waals surface area contributed by atoms with Crippen molar-refractivity contribution in [3.05, 3.63) is 113 Å². The number of ether oxygens (including phenoxy) is 3. The lowest BCUT2D eigenvalue weighted by Crippen LogP contribution is -2.55. The summed E-state index contributed by atoms with van der Waals surface area (Å²) in [7, 11) is 0. The van der Waals surface area contributed by atoms with Crippen molar-refractivity contribution in [2.75, 3.05) is 37.7 Å². The van der Waals surface area contributed by atoms with Gasteiger partial charge in [0.05, 0.1) is 28.2 Å². The summed E-state index contributed by atoms with van der Waals surface area (Å²) in [6.07, 6.45) is 1.97. The van der Waals surface area contributed by atoms with Crippen LogP contribution >= 0.6 is 23.2 Å². The monoisotopic (exact) mass is 833 g/mol. The normalized spacial score (nSPS) is 22.6. The van der Waals surface area contributed by atoms with Gasteiger partial charge in [-0.25, -0.2) is 9.18 Å². The summed E-state index contributed by atoms with van der Waals surface area (Å²) in [6, 6.07) is 30.7. The smallest absolute Gasteiger partial charge is 0.407 e. The second-order valence-electron chi connectivity index (χ2n) is 16.2. The number of piperazine rings is 1. The van der Waals surface area contributed by atoms with E-state index in [4.69, 9.17) is 47.4 Å². The van der Waals surface area contributed by atoms with Gasteiger partial charge in [0.1, 0.15) is 42.5 Å². The summed E-state index contributed by atoms with van der Waals surface area (Å²) in [5, 5.41) is 13.5. The number of nitrogens with zero attached hydrogens (tertiary/aromatic N) is 5. The zero-order chi connectivity index (χ0) is 40.3.